The number of benzene rings is 1. The summed E-state index contributed by atoms with van der Waals surface area (Å²) < 4.78 is 13.5. The minimum absolute atomic E-state index is 0.0296. The van der Waals surface area contributed by atoms with Crippen LogP contribution in [0.3, 0.4) is 0 Å². The molecule has 0 saturated heterocycles. The van der Waals surface area contributed by atoms with Gasteiger partial charge in [-0.3, -0.25) is 14.5 Å². The molecule has 0 aromatic heterocycles. The van der Waals surface area contributed by atoms with Gasteiger partial charge in [0.05, 0.1) is 18.8 Å². The number of imide groups is 1. The summed E-state index contributed by atoms with van der Waals surface area (Å²) in [7, 11) is 0. The zero-order chi connectivity index (χ0) is 14.9. The molecule has 0 radical (unpaired) electrons. The number of hydrogen-bond acceptors (Lipinski definition) is 5. The molecule has 1 aromatic carbocycles. The molecule has 2 rings (SSSR count). The Morgan fingerprint density at radius 3 is 2.75 bits per heavy atom. The van der Waals surface area contributed by atoms with Gasteiger partial charge < -0.3 is 10.4 Å². The number of thiol groups is 1. The van der Waals surface area contributed by atoms with Gasteiger partial charge in [-0.15, -0.1) is 12.6 Å². The van der Waals surface area contributed by atoms with E-state index in [1.165, 1.54) is 12.1 Å². The first-order chi connectivity index (χ1) is 9.43. The summed E-state index contributed by atoms with van der Waals surface area (Å²) in [6.45, 7) is 1.22. The van der Waals surface area contributed by atoms with Crippen molar-refractivity contribution in [2.24, 2.45) is 0 Å². The fraction of sp³-hybridized carbons (Fsp3) is 0.231. The van der Waals surface area contributed by atoms with Crippen molar-refractivity contribution in [1.29, 1.82) is 0 Å². The number of anilines is 1. The predicted molar refractivity (Wildman–Crippen MR) is 73.9 cm³/mol. The maximum absolute atomic E-state index is 13.5. The molecule has 1 aromatic rings. The highest BCUT2D eigenvalue weighted by Crippen LogP contribution is 2.26. The van der Waals surface area contributed by atoms with E-state index < -0.39 is 17.6 Å². The van der Waals surface area contributed by atoms with E-state index in [4.69, 9.17) is 5.11 Å². The van der Waals surface area contributed by atoms with Crippen molar-refractivity contribution in [3.8, 4) is 0 Å². The van der Waals surface area contributed by atoms with Crippen molar-refractivity contribution >= 4 is 30.1 Å². The fourth-order valence-corrected chi connectivity index (χ4v) is 2.14. The molecule has 0 spiro atoms. The normalized spacial score (nSPS) is 14.8. The van der Waals surface area contributed by atoms with Crippen molar-refractivity contribution in [3.63, 3.8) is 0 Å². The third-order valence-corrected chi connectivity index (χ3v) is 3.25. The highest BCUT2D eigenvalue weighted by Gasteiger charge is 2.30. The van der Waals surface area contributed by atoms with Crippen LogP contribution in [0.5, 0.6) is 0 Å². The Bertz CT molecular complexity index is 616. The van der Waals surface area contributed by atoms with Gasteiger partial charge in [0.1, 0.15) is 11.5 Å². The maximum atomic E-state index is 13.5. The molecule has 1 aliphatic rings. The number of β-amino-alcohol motifs (C(OH)–C–C–N with tert-alkyl or cyclic N) is 1. The number of hydrogen-bond donors (Lipinski definition) is 3. The number of halogens is 1. The Kier molecular flexibility index (Phi) is 4.10. The summed E-state index contributed by atoms with van der Waals surface area (Å²) in [5, 5.41) is 11.5. The second kappa shape index (κ2) is 5.64. The van der Waals surface area contributed by atoms with E-state index in [-0.39, 0.29) is 18.8 Å². The van der Waals surface area contributed by atoms with Crippen molar-refractivity contribution in [1.82, 2.24) is 4.90 Å². The molecule has 1 heterocycles. The molecule has 0 saturated carbocycles. The summed E-state index contributed by atoms with van der Waals surface area (Å²) in [6, 6.07) is 2.74. The lowest BCUT2D eigenvalue weighted by molar-refractivity contribution is -0.137. The highest BCUT2D eigenvalue weighted by molar-refractivity contribution is 7.80. The standard InChI is InChI=1S/C13H13FN2O3S/c1-7-4-11(20)9(5-8(7)14)15-10-6-12(18)16(2-3-17)13(10)19/h4-6,15,17,20H,2-3H2,1H3. The van der Waals surface area contributed by atoms with Gasteiger partial charge in [0.2, 0.25) is 0 Å². The second-order valence-electron chi connectivity index (χ2n) is 4.32. The van der Waals surface area contributed by atoms with Crippen molar-refractivity contribution in [2.75, 3.05) is 18.5 Å². The van der Waals surface area contributed by atoms with Gasteiger partial charge >= 0.3 is 0 Å². The highest BCUT2D eigenvalue weighted by atomic mass is 32.1. The molecule has 0 unspecified atom stereocenters. The van der Waals surface area contributed by atoms with E-state index in [2.05, 4.69) is 17.9 Å². The number of nitrogens with zero attached hydrogens (tertiary/aromatic N) is 1. The van der Waals surface area contributed by atoms with Crippen LogP contribution in [0.1, 0.15) is 5.56 Å². The van der Waals surface area contributed by atoms with Crippen LogP contribution in [0.15, 0.2) is 28.8 Å². The molecule has 0 aliphatic carbocycles. The predicted octanol–water partition coefficient (Wildman–Crippen LogP) is 1.08. The first kappa shape index (κ1) is 14.5. The van der Waals surface area contributed by atoms with E-state index in [0.717, 1.165) is 11.0 Å². The minimum atomic E-state index is -0.558. The summed E-state index contributed by atoms with van der Waals surface area (Å²) in [4.78, 5) is 24.9. The fourth-order valence-electron chi connectivity index (χ4n) is 1.82. The molecule has 0 atom stereocenters. The number of amides is 2. The summed E-state index contributed by atoms with van der Waals surface area (Å²) in [6.07, 6.45) is 1.11. The minimum Gasteiger partial charge on any atom is -0.395 e. The van der Waals surface area contributed by atoms with Crippen molar-refractivity contribution < 1.29 is 19.1 Å². The lowest BCUT2D eigenvalue weighted by Gasteiger charge is -2.14. The molecule has 0 bridgehead atoms. The molecule has 2 amide bonds. The monoisotopic (exact) mass is 296 g/mol. The van der Waals surface area contributed by atoms with E-state index in [0.29, 0.717) is 16.1 Å². The van der Waals surface area contributed by atoms with Gasteiger partial charge in [-0.05, 0) is 24.6 Å². The molecule has 2 N–H and O–H groups in total. The molecule has 0 fully saturated rings. The molecular weight excluding hydrogens is 283 g/mol. The van der Waals surface area contributed by atoms with Gasteiger partial charge in [-0.25, -0.2) is 4.39 Å². The van der Waals surface area contributed by atoms with Crippen LogP contribution in [-0.4, -0.2) is 35.0 Å². The Morgan fingerprint density at radius 1 is 1.40 bits per heavy atom. The molecule has 20 heavy (non-hydrogen) atoms. The van der Waals surface area contributed by atoms with Gasteiger partial charge in [-0.2, -0.15) is 0 Å². The Hall–Kier alpha value is -1.86. The quantitative estimate of drug-likeness (QED) is 0.574. The first-order valence-corrected chi connectivity index (χ1v) is 6.33. The molecule has 5 nitrogen and oxygen atoms in total. The lowest BCUT2D eigenvalue weighted by atomic mass is 10.2. The largest absolute Gasteiger partial charge is 0.395 e. The molecule has 106 valence electrons. The number of carbonyl (C=O) groups is 2. The third kappa shape index (κ3) is 2.68. The van der Waals surface area contributed by atoms with E-state index in [9.17, 15) is 14.0 Å². The van der Waals surface area contributed by atoms with E-state index in [1.54, 1.807) is 6.92 Å². The maximum Gasteiger partial charge on any atom is 0.277 e. The number of aliphatic hydroxyl groups excluding tert-OH is 1. The Balaban J connectivity index is 2.23. The molecule has 7 heteroatoms. The molecule has 1 aliphatic heterocycles. The van der Waals surface area contributed by atoms with Crippen LogP contribution in [-0.2, 0) is 9.59 Å². The van der Waals surface area contributed by atoms with Gasteiger partial charge in [0.25, 0.3) is 11.8 Å². The zero-order valence-corrected chi connectivity index (χ0v) is 11.6. The summed E-state index contributed by atoms with van der Waals surface area (Å²) in [5.74, 6) is -1.51. The van der Waals surface area contributed by atoms with Crippen LogP contribution < -0.4 is 5.32 Å². The van der Waals surface area contributed by atoms with Crippen LogP contribution in [0.2, 0.25) is 0 Å². The average Bonchev–Trinajstić information content (AvgIpc) is 2.64. The zero-order valence-electron chi connectivity index (χ0n) is 10.7. The topological polar surface area (TPSA) is 69.6 Å². The smallest absolute Gasteiger partial charge is 0.277 e. The van der Waals surface area contributed by atoms with Crippen molar-refractivity contribution in [2.45, 2.75) is 11.8 Å². The Labute approximate surface area is 120 Å². The number of carbonyl (C=O) groups excluding carboxylic acids is 2. The number of aliphatic hydroxyl groups is 1. The van der Waals surface area contributed by atoms with Crippen LogP contribution in [0, 0.1) is 12.7 Å². The van der Waals surface area contributed by atoms with Gasteiger partial charge in [0, 0.05) is 11.0 Å². The number of rotatable bonds is 4. The van der Waals surface area contributed by atoms with Crippen LogP contribution in [0.25, 0.3) is 0 Å². The SMILES string of the molecule is Cc1cc(S)c(NC2=CC(=O)N(CCO)C2=O)cc1F. The van der Waals surface area contributed by atoms with Gasteiger partial charge in [-0.1, -0.05) is 0 Å². The van der Waals surface area contributed by atoms with Crippen LogP contribution in [0.4, 0.5) is 10.1 Å². The van der Waals surface area contributed by atoms with E-state index >= 15 is 0 Å². The third-order valence-electron chi connectivity index (χ3n) is 2.88. The van der Waals surface area contributed by atoms with Gasteiger partial charge in [0.15, 0.2) is 0 Å². The average molecular weight is 296 g/mol. The molecular formula is C13H13FN2O3S. The second-order valence-corrected chi connectivity index (χ2v) is 4.80. The summed E-state index contributed by atoms with van der Waals surface area (Å²) >= 11 is 4.20. The van der Waals surface area contributed by atoms with Crippen molar-refractivity contribution in [3.05, 3.63) is 35.3 Å². The van der Waals surface area contributed by atoms with Crippen LogP contribution >= 0.6 is 12.6 Å². The summed E-state index contributed by atoms with van der Waals surface area (Å²) in [5.41, 5.74) is 0.766. The Morgan fingerprint density at radius 2 is 2.10 bits per heavy atom. The lowest BCUT2D eigenvalue weighted by Crippen LogP contribution is -2.34. The number of aryl methyl sites for hydroxylation is 1. The first-order valence-electron chi connectivity index (χ1n) is 5.88. The number of nitrogens with one attached hydrogen (secondary N) is 1. The van der Waals surface area contributed by atoms with E-state index in [1.807, 2.05) is 0 Å².